The molecule has 5 nitrogen and oxygen atoms in total. The van der Waals surface area contributed by atoms with Crippen molar-refractivity contribution in [2.75, 3.05) is 19.7 Å². The third-order valence-electron chi connectivity index (χ3n) is 6.07. The molecule has 1 heterocycles. The predicted octanol–water partition coefficient (Wildman–Crippen LogP) is 4.13. The lowest BCUT2D eigenvalue weighted by Gasteiger charge is -2.38. The van der Waals surface area contributed by atoms with Gasteiger partial charge >= 0.3 is 12.1 Å². The Morgan fingerprint density at radius 2 is 1.76 bits per heavy atom. The molecule has 1 aliphatic heterocycles. The summed E-state index contributed by atoms with van der Waals surface area (Å²) in [4.78, 5) is 26.0. The van der Waals surface area contributed by atoms with Gasteiger partial charge in [-0.2, -0.15) is 0 Å². The zero-order chi connectivity index (χ0) is 20.4. The number of terminal acetylenes is 1. The second-order valence-corrected chi connectivity index (χ2v) is 7.80. The van der Waals surface area contributed by atoms with E-state index in [9.17, 15) is 14.7 Å². The summed E-state index contributed by atoms with van der Waals surface area (Å²) in [6, 6.07) is 16.3. The van der Waals surface area contributed by atoms with Crippen LogP contribution in [0.1, 0.15) is 36.3 Å². The van der Waals surface area contributed by atoms with Gasteiger partial charge in [-0.25, -0.2) is 4.79 Å². The zero-order valence-electron chi connectivity index (χ0n) is 16.1. The van der Waals surface area contributed by atoms with Gasteiger partial charge in [0.2, 0.25) is 0 Å². The largest absolute Gasteiger partial charge is 0.481 e. The van der Waals surface area contributed by atoms with E-state index >= 15 is 0 Å². The Kier molecular flexibility index (Phi) is 5.02. The maximum absolute atomic E-state index is 12.8. The Labute approximate surface area is 170 Å². The normalized spacial score (nSPS) is 20.4. The number of carbonyl (C=O) groups is 2. The van der Waals surface area contributed by atoms with E-state index in [1.54, 1.807) is 0 Å². The number of likely N-dealkylation sites (tertiary alicyclic amines) is 1. The molecule has 2 aromatic carbocycles. The van der Waals surface area contributed by atoms with E-state index in [4.69, 9.17) is 11.2 Å². The average Bonchev–Trinajstić information content (AvgIpc) is 3.06. The average molecular weight is 389 g/mol. The number of carboxylic acid groups (broad SMARTS) is 1. The van der Waals surface area contributed by atoms with Crippen LogP contribution in [0.2, 0.25) is 0 Å². The highest BCUT2D eigenvalue weighted by atomic mass is 16.6. The van der Waals surface area contributed by atoms with Crippen molar-refractivity contribution in [1.29, 1.82) is 0 Å². The summed E-state index contributed by atoms with van der Waals surface area (Å²) >= 11 is 0. The van der Waals surface area contributed by atoms with Crippen LogP contribution in [0.15, 0.2) is 48.5 Å². The molecule has 148 valence electrons. The molecule has 2 aromatic rings. The van der Waals surface area contributed by atoms with Gasteiger partial charge in [0.1, 0.15) is 6.61 Å². The molecule has 0 saturated carbocycles. The van der Waals surface area contributed by atoms with Gasteiger partial charge in [0.05, 0.1) is 5.41 Å². The van der Waals surface area contributed by atoms with Crippen molar-refractivity contribution in [1.82, 2.24) is 4.90 Å². The number of nitrogens with zero attached hydrogens (tertiary/aromatic N) is 1. The van der Waals surface area contributed by atoms with Crippen LogP contribution in [0.25, 0.3) is 11.1 Å². The summed E-state index contributed by atoms with van der Waals surface area (Å²) in [6.45, 7) is 0.790. The topological polar surface area (TPSA) is 66.8 Å². The fourth-order valence-corrected chi connectivity index (χ4v) is 4.56. The zero-order valence-corrected chi connectivity index (χ0v) is 16.1. The second kappa shape index (κ2) is 7.63. The van der Waals surface area contributed by atoms with Gasteiger partial charge in [0.15, 0.2) is 0 Å². The second-order valence-electron chi connectivity index (χ2n) is 7.80. The van der Waals surface area contributed by atoms with Crippen LogP contribution < -0.4 is 0 Å². The van der Waals surface area contributed by atoms with Gasteiger partial charge in [-0.15, -0.1) is 12.3 Å². The number of piperidine rings is 1. The lowest BCUT2D eigenvalue weighted by atomic mass is 9.77. The Morgan fingerprint density at radius 1 is 1.14 bits per heavy atom. The number of hydrogen-bond acceptors (Lipinski definition) is 3. The van der Waals surface area contributed by atoms with Gasteiger partial charge in [-0.1, -0.05) is 48.5 Å². The summed E-state index contributed by atoms with van der Waals surface area (Å²) in [5.41, 5.74) is 3.54. The van der Waals surface area contributed by atoms with Gasteiger partial charge < -0.3 is 14.7 Å². The first-order valence-corrected chi connectivity index (χ1v) is 9.82. The maximum atomic E-state index is 12.8. The number of rotatable bonds is 4. The van der Waals surface area contributed by atoms with E-state index in [1.165, 1.54) is 16.0 Å². The van der Waals surface area contributed by atoms with Crippen LogP contribution in [0.3, 0.4) is 0 Å². The molecule has 5 heteroatoms. The van der Waals surface area contributed by atoms with E-state index in [-0.39, 0.29) is 25.5 Å². The summed E-state index contributed by atoms with van der Waals surface area (Å²) < 4.78 is 5.67. The van der Waals surface area contributed by atoms with Gasteiger partial charge in [-0.3, -0.25) is 4.79 Å². The van der Waals surface area contributed by atoms with Crippen LogP contribution in [0, 0.1) is 17.8 Å². The van der Waals surface area contributed by atoms with Crippen LogP contribution in [0.5, 0.6) is 0 Å². The Balaban J connectivity index is 1.49. The number of amides is 1. The van der Waals surface area contributed by atoms with Gasteiger partial charge in [0.25, 0.3) is 0 Å². The Morgan fingerprint density at radius 3 is 2.34 bits per heavy atom. The summed E-state index contributed by atoms with van der Waals surface area (Å²) in [5.74, 6) is 1.48. The van der Waals surface area contributed by atoms with E-state index < -0.39 is 17.5 Å². The molecule has 1 aliphatic carbocycles. The lowest BCUT2D eigenvalue weighted by molar-refractivity contribution is -0.151. The molecule has 1 saturated heterocycles. The van der Waals surface area contributed by atoms with Gasteiger partial charge in [0, 0.05) is 25.4 Å². The summed E-state index contributed by atoms with van der Waals surface area (Å²) in [7, 11) is 0. The number of carbonyl (C=O) groups excluding carboxylic acids is 1. The number of carboxylic acids is 1. The minimum atomic E-state index is -1.08. The molecule has 0 radical (unpaired) electrons. The molecule has 29 heavy (non-hydrogen) atoms. The van der Waals surface area contributed by atoms with E-state index in [0.29, 0.717) is 19.4 Å². The van der Waals surface area contributed by atoms with Crippen LogP contribution in [0.4, 0.5) is 4.79 Å². The third-order valence-corrected chi connectivity index (χ3v) is 6.07. The minimum absolute atomic E-state index is 0.0221. The first-order valence-electron chi connectivity index (χ1n) is 9.82. The number of aliphatic carboxylic acids is 1. The monoisotopic (exact) mass is 389 g/mol. The Bertz CT molecular complexity index is 947. The maximum Gasteiger partial charge on any atom is 0.409 e. The van der Waals surface area contributed by atoms with E-state index in [2.05, 4.69) is 30.2 Å². The molecule has 2 aliphatic rings. The molecule has 0 aromatic heterocycles. The molecule has 1 unspecified atom stereocenters. The van der Waals surface area contributed by atoms with Gasteiger partial charge in [-0.05, 0) is 35.1 Å². The van der Waals surface area contributed by atoms with Crippen LogP contribution >= 0.6 is 0 Å². The summed E-state index contributed by atoms with van der Waals surface area (Å²) in [5, 5.41) is 9.67. The number of fused-ring (bicyclic) bond motifs is 3. The van der Waals surface area contributed by atoms with Crippen molar-refractivity contribution >= 4 is 12.1 Å². The molecule has 1 fully saturated rings. The van der Waals surface area contributed by atoms with Crippen LogP contribution in [-0.4, -0.2) is 41.8 Å². The highest BCUT2D eigenvalue weighted by Gasteiger charge is 2.43. The summed E-state index contributed by atoms with van der Waals surface area (Å²) in [6.07, 6.45) is 6.08. The molecular weight excluding hydrogens is 366 g/mol. The molecule has 1 atom stereocenters. The van der Waals surface area contributed by atoms with E-state index in [0.717, 1.165) is 11.1 Å². The highest BCUT2D eigenvalue weighted by Crippen LogP contribution is 2.44. The first kappa shape index (κ1) is 19.1. The number of benzene rings is 2. The molecular formula is C24H23NO4. The Hall–Kier alpha value is -3.26. The minimum Gasteiger partial charge on any atom is -0.481 e. The van der Waals surface area contributed by atoms with Crippen molar-refractivity contribution in [3.8, 4) is 23.5 Å². The molecule has 0 bridgehead atoms. The van der Waals surface area contributed by atoms with Crippen molar-refractivity contribution < 1.29 is 19.4 Å². The predicted molar refractivity (Wildman–Crippen MR) is 109 cm³/mol. The molecule has 0 spiro atoms. The standard InChI is InChI=1S/C24H23NO4/c1-2-12-24(22(26)27)13-7-14-25(16-24)23(28)29-15-21-19-10-5-3-8-17(19)18-9-4-6-11-20(18)21/h1,3-6,8-11,21H,7,12-16H2,(H,26,27). The smallest absolute Gasteiger partial charge is 0.409 e. The number of ether oxygens (including phenoxy) is 1. The fraction of sp³-hybridized carbons (Fsp3) is 0.333. The highest BCUT2D eigenvalue weighted by molar-refractivity contribution is 5.79. The third kappa shape index (κ3) is 3.36. The van der Waals surface area contributed by atoms with Crippen molar-refractivity contribution in [2.24, 2.45) is 5.41 Å². The fourth-order valence-electron chi connectivity index (χ4n) is 4.56. The van der Waals surface area contributed by atoms with Crippen molar-refractivity contribution in [3.63, 3.8) is 0 Å². The first-order chi connectivity index (χ1) is 14.1. The van der Waals surface area contributed by atoms with E-state index in [1.807, 2.05) is 24.3 Å². The molecule has 1 amide bonds. The molecule has 4 rings (SSSR count). The van der Waals surface area contributed by atoms with Crippen LogP contribution in [-0.2, 0) is 9.53 Å². The van der Waals surface area contributed by atoms with Crippen molar-refractivity contribution in [2.45, 2.75) is 25.2 Å². The quantitative estimate of drug-likeness (QED) is 0.799. The number of hydrogen-bond donors (Lipinski definition) is 1. The molecule has 1 N–H and O–H groups in total. The van der Waals surface area contributed by atoms with Crippen molar-refractivity contribution in [3.05, 3.63) is 59.7 Å². The lowest BCUT2D eigenvalue weighted by Crippen LogP contribution is -2.50. The SMILES string of the molecule is C#CCC1(C(=O)O)CCCN(C(=O)OCC2c3ccccc3-c3ccccc32)C1.